The number of nitrogens with zero attached hydrogens (tertiary/aromatic N) is 1. The summed E-state index contributed by atoms with van der Waals surface area (Å²) in [5.41, 5.74) is -1.18. The van der Waals surface area contributed by atoms with Crippen LogP contribution >= 0.6 is 0 Å². The van der Waals surface area contributed by atoms with E-state index in [4.69, 9.17) is 0 Å². The van der Waals surface area contributed by atoms with Crippen molar-refractivity contribution in [2.24, 2.45) is 0 Å². The normalized spacial score (nSPS) is 18.7. The van der Waals surface area contributed by atoms with Crippen LogP contribution in [0.5, 0.6) is 0 Å². The van der Waals surface area contributed by atoms with Crippen LogP contribution in [0.25, 0.3) is 0 Å². The van der Waals surface area contributed by atoms with Crippen molar-refractivity contribution in [1.82, 2.24) is 10.3 Å². The second kappa shape index (κ2) is 5.46. The first-order valence-corrected chi connectivity index (χ1v) is 6.34. The van der Waals surface area contributed by atoms with Gasteiger partial charge in [0, 0.05) is 18.3 Å². The van der Waals surface area contributed by atoms with Gasteiger partial charge in [-0.15, -0.1) is 0 Å². The maximum Gasteiger partial charge on any atom is 0.418 e. The molecular formula is C13H17F3N2O. The lowest BCUT2D eigenvalue weighted by molar-refractivity contribution is -0.138. The van der Waals surface area contributed by atoms with Gasteiger partial charge in [-0.05, 0) is 25.0 Å². The Balaban J connectivity index is 2.11. The fraction of sp³-hybridized carbons (Fsp3) is 0.615. The van der Waals surface area contributed by atoms with Crippen molar-refractivity contribution < 1.29 is 18.3 Å². The molecular weight excluding hydrogens is 257 g/mol. The summed E-state index contributed by atoms with van der Waals surface area (Å²) in [7, 11) is 0. The third-order valence-corrected chi connectivity index (χ3v) is 3.69. The Bertz CT molecular complexity index is 428. The van der Waals surface area contributed by atoms with Gasteiger partial charge in [0.2, 0.25) is 0 Å². The fourth-order valence-corrected chi connectivity index (χ4v) is 2.55. The van der Waals surface area contributed by atoms with Crippen LogP contribution in [0.1, 0.15) is 36.9 Å². The van der Waals surface area contributed by atoms with E-state index < -0.39 is 17.3 Å². The highest BCUT2D eigenvalue weighted by atomic mass is 19.4. The molecule has 106 valence electrons. The standard InChI is InChI=1S/C13H17F3N2O/c14-13(15,16)10-4-3-7-17-11(10)8-18-12(9-19)5-1-2-6-12/h3-4,7,18-19H,1-2,5-6,8-9H2. The number of hydrogen-bond donors (Lipinski definition) is 2. The van der Waals surface area contributed by atoms with Crippen molar-refractivity contribution in [2.45, 2.75) is 43.9 Å². The van der Waals surface area contributed by atoms with Crippen molar-refractivity contribution in [3.63, 3.8) is 0 Å². The molecule has 6 heteroatoms. The molecule has 0 bridgehead atoms. The molecule has 1 aliphatic rings. The van der Waals surface area contributed by atoms with E-state index in [0.29, 0.717) is 0 Å². The Hall–Kier alpha value is -1.14. The van der Waals surface area contributed by atoms with Gasteiger partial charge in [-0.25, -0.2) is 0 Å². The number of pyridine rings is 1. The molecule has 1 heterocycles. The number of hydrogen-bond acceptors (Lipinski definition) is 3. The summed E-state index contributed by atoms with van der Waals surface area (Å²) in [6.45, 7) is -0.0303. The number of aliphatic hydroxyl groups is 1. The van der Waals surface area contributed by atoms with Gasteiger partial charge >= 0.3 is 6.18 Å². The Morgan fingerprint density at radius 1 is 1.32 bits per heavy atom. The summed E-state index contributed by atoms with van der Waals surface area (Å²) in [6.07, 6.45) is 0.513. The van der Waals surface area contributed by atoms with Crippen LogP contribution < -0.4 is 5.32 Å². The minimum Gasteiger partial charge on any atom is -0.394 e. The van der Waals surface area contributed by atoms with E-state index in [0.717, 1.165) is 31.7 Å². The summed E-state index contributed by atoms with van der Waals surface area (Å²) >= 11 is 0. The van der Waals surface area contributed by atoms with Gasteiger partial charge in [0.15, 0.2) is 0 Å². The minimum atomic E-state index is -4.40. The molecule has 0 aliphatic heterocycles. The molecule has 0 aromatic carbocycles. The topological polar surface area (TPSA) is 45.1 Å². The average molecular weight is 274 g/mol. The van der Waals surface area contributed by atoms with E-state index in [-0.39, 0.29) is 18.8 Å². The van der Waals surface area contributed by atoms with E-state index in [2.05, 4.69) is 10.3 Å². The molecule has 0 spiro atoms. The zero-order valence-corrected chi connectivity index (χ0v) is 10.5. The van der Waals surface area contributed by atoms with Crippen LogP contribution in [0.4, 0.5) is 13.2 Å². The van der Waals surface area contributed by atoms with E-state index >= 15 is 0 Å². The van der Waals surface area contributed by atoms with Gasteiger partial charge in [-0.3, -0.25) is 4.98 Å². The zero-order chi connectivity index (χ0) is 13.9. The van der Waals surface area contributed by atoms with Crippen molar-refractivity contribution >= 4 is 0 Å². The molecule has 0 saturated heterocycles. The third kappa shape index (κ3) is 3.25. The Kier molecular flexibility index (Phi) is 4.10. The van der Waals surface area contributed by atoms with Gasteiger partial charge in [0.25, 0.3) is 0 Å². The molecule has 0 unspecified atom stereocenters. The second-order valence-electron chi connectivity index (χ2n) is 4.99. The van der Waals surface area contributed by atoms with E-state index in [1.54, 1.807) is 0 Å². The Labute approximate surface area is 109 Å². The SMILES string of the molecule is OCC1(NCc2ncccc2C(F)(F)F)CCCC1. The number of halogens is 3. The largest absolute Gasteiger partial charge is 0.418 e. The van der Waals surface area contributed by atoms with Crippen LogP contribution in [-0.4, -0.2) is 22.2 Å². The molecule has 3 nitrogen and oxygen atoms in total. The lowest BCUT2D eigenvalue weighted by Crippen LogP contribution is -2.45. The lowest BCUT2D eigenvalue weighted by Gasteiger charge is -2.28. The molecule has 0 amide bonds. The number of rotatable bonds is 4. The molecule has 0 radical (unpaired) electrons. The van der Waals surface area contributed by atoms with Crippen molar-refractivity contribution in [3.8, 4) is 0 Å². The van der Waals surface area contributed by atoms with Gasteiger partial charge in [-0.2, -0.15) is 13.2 Å². The van der Waals surface area contributed by atoms with Gasteiger partial charge in [0.05, 0.1) is 17.9 Å². The highest BCUT2D eigenvalue weighted by molar-refractivity contribution is 5.23. The third-order valence-electron chi connectivity index (χ3n) is 3.69. The first kappa shape index (κ1) is 14.3. The maximum atomic E-state index is 12.8. The monoisotopic (exact) mass is 274 g/mol. The first-order valence-electron chi connectivity index (χ1n) is 6.34. The number of aliphatic hydroxyl groups excluding tert-OH is 1. The summed E-state index contributed by atoms with van der Waals surface area (Å²) in [6, 6.07) is 2.31. The summed E-state index contributed by atoms with van der Waals surface area (Å²) in [4.78, 5) is 3.81. The highest BCUT2D eigenvalue weighted by Crippen LogP contribution is 2.32. The number of alkyl halides is 3. The van der Waals surface area contributed by atoms with E-state index in [1.165, 1.54) is 12.3 Å². The first-order chi connectivity index (χ1) is 8.97. The smallest absolute Gasteiger partial charge is 0.394 e. The van der Waals surface area contributed by atoms with Gasteiger partial charge in [0.1, 0.15) is 0 Å². The molecule has 2 rings (SSSR count). The number of aromatic nitrogens is 1. The molecule has 1 aromatic heterocycles. The quantitative estimate of drug-likeness (QED) is 0.886. The molecule has 1 saturated carbocycles. The average Bonchev–Trinajstić information content (AvgIpc) is 2.85. The van der Waals surface area contributed by atoms with Crippen LogP contribution in [0.3, 0.4) is 0 Å². The van der Waals surface area contributed by atoms with Crippen LogP contribution in [-0.2, 0) is 12.7 Å². The Morgan fingerprint density at radius 2 is 2.00 bits per heavy atom. The van der Waals surface area contributed by atoms with Crippen molar-refractivity contribution in [2.75, 3.05) is 6.61 Å². The van der Waals surface area contributed by atoms with E-state index in [1.807, 2.05) is 0 Å². The molecule has 19 heavy (non-hydrogen) atoms. The van der Waals surface area contributed by atoms with Crippen molar-refractivity contribution in [1.29, 1.82) is 0 Å². The molecule has 2 N–H and O–H groups in total. The minimum absolute atomic E-state index is 0.0188. The molecule has 1 aliphatic carbocycles. The molecule has 0 atom stereocenters. The molecule has 1 aromatic rings. The van der Waals surface area contributed by atoms with Gasteiger partial charge in [-0.1, -0.05) is 12.8 Å². The molecule has 1 fully saturated rings. The summed E-state index contributed by atoms with van der Waals surface area (Å²) < 4.78 is 38.4. The van der Waals surface area contributed by atoms with Crippen LogP contribution in [0.2, 0.25) is 0 Å². The second-order valence-corrected chi connectivity index (χ2v) is 4.99. The Morgan fingerprint density at radius 3 is 2.58 bits per heavy atom. The van der Waals surface area contributed by atoms with Gasteiger partial charge < -0.3 is 10.4 Å². The number of nitrogens with one attached hydrogen (secondary N) is 1. The van der Waals surface area contributed by atoms with Crippen LogP contribution in [0, 0.1) is 0 Å². The maximum absolute atomic E-state index is 12.8. The van der Waals surface area contributed by atoms with Crippen molar-refractivity contribution in [3.05, 3.63) is 29.6 Å². The highest BCUT2D eigenvalue weighted by Gasteiger charge is 2.36. The summed E-state index contributed by atoms with van der Waals surface area (Å²) in [5.74, 6) is 0. The van der Waals surface area contributed by atoms with Crippen LogP contribution in [0.15, 0.2) is 18.3 Å². The predicted molar refractivity (Wildman–Crippen MR) is 64.4 cm³/mol. The predicted octanol–water partition coefficient (Wildman–Crippen LogP) is 2.50. The fourth-order valence-electron chi connectivity index (χ4n) is 2.55. The lowest BCUT2D eigenvalue weighted by atomic mass is 9.98. The zero-order valence-electron chi connectivity index (χ0n) is 10.5. The van der Waals surface area contributed by atoms with E-state index in [9.17, 15) is 18.3 Å². The summed E-state index contributed by atoms with van der Waals surface area (Å²) in [5, 5.41) is 12.5.